The summed E-state index contributed by atoms with van der Waals surface area (Å²) in [7, 11) is 0. The van der Waals surface area contributed by atoms with E-state index in [1.165, 1.54) is 23.3 Å². The fraction of sp³-hybridized carbons (Fsp3) is 0.227. The Hall–Kier alpha value is -3.45. The van der Waals surface area contributed by atoms with E-state index in [1.54, 1.807) is 24.4 Å². The van der Waals surface area contributed by atoms with E-state index in [4.69, 9.17) is 0 Å². The number of hydrogen-bond donors (Lipinski definition) is 3. The van der Waals surface area contributed by atoms with Crippen LogP contribution in [-0.4, -0.2) is 26.3 Å². The SMILES string of the molecule is O=C(NCc1ccc2cc(CNC3CC3)[nH]c2c1)c1cc(=O)n2ccccc2n1. The lowest BCUT2D eigenvalue weighted by atomic mass is 10.1. The number of rotatable bonds is 6. The summed E-state index contributed by atoms with van der Waals surface area (Å²) < 4.78 is 1.41. The first-order valence-electron chi connectivity index (χ1n) is 9.76. The minimum absolute atomic E-state index is 0.121. The largest absolute Gasteiger partial charge is 0.357 e. The highest BCUT2D eigenvalue weighted by Gasteiger charge is 2.20. The topological polar surface area (TPSA) is 91.3 Å². The molecule has 5 rings (SSSR count). The third kappa shape index (κ3) is 3.77. The van der Waals surface area contributed by atoms with Gasteiger partial charge in [0.05, 0.1) is 0 Å². The van der Waals surface area contributed by atoms with Crippen LogP contribution in [0.15, 0.2) is 59.5 Å². The normalized spacial score (nSPS) is 13.8. The highest BCUT2D eigenvalue weighted by molar-refractivity contribution is 5.92. The van der Waals surface area contributed by atoms with Gasteiger partial charge in [-0.05, 0) is 48.1 Å². The maximum absolute atomic E-state index is 12.5. The number of pyridine rings is 1. The Morgan fingerprint density at radius 2 is 2.03 bits per heavy atom. The molecule has 3 aromatic heterocycles. The maximum Gasteiger partial charge on any atom is 0.270 e. The van der Waals surface area contributed by atoms with Crippen LogP contribution in [0.3, 0.4) is 0 Å². The lowest BCUT2D eigenvalue weighted by Crippen LogP contribution is -2.26. The van der Waals surface area contributed by atoms with Crippen LogP contribution in [0.25, 0.3) is 16.6 Å². The van der Waals surface area contributed by atoms with Crippen molar-refractivity contribution in [3.05, 3.63) is 82.0 Å². The van der Waals surface area contributed by atoms with Crippen molar-refractivity contribution in [2.75, 3.05) is 0 Å². The highest BCUT2D eigenvalue weighted by atomic mass is 16.2. The maximum atomic E-state index is 12.5. The first kappa shape index (κ1) is 17.6. The minimum Gasteiger partial charge on any atom is -0.357 e. The zero-order valence-corrected chi connectivity index (χ0v) is 15.8. The molecule has 1 amide bonds. The number of aromatic amines is 1. The van der Waals surface area contributed by atoms with Crippen LogP contribution in [0.2, 0.25) is 0 Å². The van der Waals surface area contributed by atoms with Crippen molar-refractivity contribution in [1.82, 2.24) is 25.0 Å². The lowest BCUT2D eigenvalue weighted by molar-refractivity contribution is 0.0946. The summed E-state index contributed by atoms with van der Waals surface area (Å²) in [5.74, 6) is -0.366. The Bertz CT molecular complexity index is 1270. The number of hydrogen-bond acceptors (Lipinski definition) is 4. The standard InChI is InChI=1S/C22H21N5O2/c28-21-11-19(26-20-3-1-2-8-27(20)21)22(29)24-12-14-4-5-15-10-17(25-18(15)9-14)13-23-16-6-7-16/h1-5,8-11,16,23,25H,6-7,12-13H2,(H,24,29). The van der Waals surface area contributed by atoms with Crippen LogP contribution in [0.1, 0.15) is 34.6 Å². The van der Waals surface area contributed by atoms with Crippen molar-refractivity contribution in [2.24, 2.45) is 0 Å². The summed E-state index contributed by atoms with van der Waals surface area (Å²) >= 11 is 0. The number of benzene rings is 1. The van der Waals surface area contributed by atoms with Crippen LogP contribution in [-0.2, 0) is 13.1 Å². The second-order valence-electron chi connectivity index (χ2n) is 7.46. The van der Waals surface area contributed by atoms with Crippen molar-refractivity contribution in [1.29, 1.82) is 0 Å². The predicted molar refractivity (Wildman–Crippen MR) is 111 cm³/mol. The van der Waals surface area contributed by atoms with E-state index in [1.807, 2.05) is 12.1 Å². The van der Waals surface area contributed by atoms with Gasteiger partial charge in [-0.2, -0.15) is 0 Å². The van der Waals surface area contributed by atoms with Gasteiger partial charge in [0.15, 0.2) is 0 Å². The Morgan fingerprint density at radius 3 is 2.90 bits per heavy atom. The summed E-state index contributed by atoms with van der Waals surface area (Å²) in [6.45, 7) is 1.20. The van der Waals surface area contributed by atoms with Crippen LogP contribution in [0.5, 0.6) is 0 Å². The molecule has 0 bridgehead atoms. The predicted octanol–water partition coefficient (Wildman–Crippen LogP) is 2.36. The zero-order valence-electron chi connectivity index (χ0n) is 15.8. The number of amides is 1. The molecule has 3 heterocycles. The quantitative estimate of drug-likeness (QED) is 0.474. The molecule has 1 saturated carbocycles. The molecule has 1 aliphatic rings. The molecule has 1 aromatic carbocycles. The molecule has 29 heavy (non-hydrogen) atoms. The molecular formula is C22H21N5O2. The Kier molecular flexibility index (Phi) is 4.37. The van der Waals surface area contributed by atoms with Gasteiger partial charge in [0.2, 0.25) is 0 Å². The van der Waals surface area contributed by atoms with Gasteiger partial charge in [-0.3, -0.25) is 14.0 Å². The van der Waals surface area contributed by atoms with E-state index in [0.717, 1.165) is 28.7 Å². The molecule has 7 heteroatoms. The van der Waals surface area contributed by atoms with Crippen LogP contribution in [0.4, 0.5) is 0 Å². The molecule has 1 fully saturated rings. The van der Waals surface area contributed by atoms with E-state index in [2.05, 4.69) is 32.7 Å². The van der Waals surface area contributed by atoms with E-state index >= 15 is 0 Å². The number of carbonyl (C=O) groups is 1. The molecule has 0 atom stereocenters. The number of nitrogens with zero attached hydrogens (tertiary/aromatic N) is 2. The Morgan fingerprint density at radius 1 is 1.14 bits per heavy atom. The van der Waals surface area contributed by atoms with E-state index in [9.17, 15) is 9.59 Å². The first-order chi connectivity index (χ1) is 14.2. The first-order valence-corrected chi connectivity index (χ1v) is 9.76. The number of carbonyl (C=O) groups excluding carboxylic acids is 1. The molecule has 4 aromatic rings. The summed E-state index contributed by atoms with van der Waals surface area (Å²) in [5.41, 5.74) is 3.48. The third-order valence-corrected chi connectivity index (χ3v) is 5.16. The summed E-state index contributed by atoms with van der Waals surface area (Å²) in [4.78, 5) is 32.4. The molecule has 0 aliphatic heterocycles. The average Bonchev–Trinajstić information content (AvgIpc) is 3.48. The van der Waals surface area contributed by atoms with Crippen molar-refractivity contribution in [3.8, 4) is 0 Å². The highest BCUT2D eigenvalue weighted by Crippen LogP contribution is 2.21. The van der Waals surface area contributed by atoms with Gasteiger partial charge in [-0.1, -0.05) is 18.2 Å². The second-order valence-corrected chi connectivity index (χ2v) is 7.46. The third-order valence-electron chi connectivity index (χ3n) is 5.16. The number of nitrogens with one attached hydrogen (secondary N) is 3. The fourth-order valence-electron chi connectivity index (χ4n) is 3.42. The van der Waals surface area contributed by atoms with Gasteiger partial charge >= 0.3 is 0 Å². The van der Waals surface area contributed by atoms with Gasteiger partial charge in [-0.15, -0.1) is 0 Å². The molecule has 0 radical (unpaired) electrons. The van der Waals surface area contributed by atoms with E-state index in [-0.39, 0.29) is 17.2 Å². The zero-order chi connectivity index (χ0) is 19.8. The van der Waals surface area contributed by atoms with Gasteiger partial charge in [-0.25, -0.2) is 4.98 Å². The Balaban J connectivity index is 1.29. The van der Waals surface area contributed by atoms with Gasteiger partial charge in [0.1, 0.15) is 11.3 Å². The lowest BCUT2D eigenvalue weighted by Gasteiger charge is -2.06. The van der Waals surface area contributed by atoms with Gasteiger partial charge < -0.3 is 15.6 Å². The number of fused-ring (bicyclic) bond motifs is 2. The monoisotopic (exact) mass is 387 g/mol. The van der Waals surface area contributed by atoms with Crippen molar-refractivity contribution < 1.29 is 4.79 Å². The Labute approximate surface area is 166 Å². The molecular weight excluding hydrogens is 366 g/mol. The fourth-order valence-corrected chi connectivity index (χ4v) is 3.42. The molecule has 1 aliphatic carbocycles. The molecule has 3 N–H and O–H groups in total. The summed E-state index contributed by atoms with van der Waals surface area (Å²) in [6, 6.07) is 15.4. The second kappa shape index (κ2) is 7.18. The number of aromatic nitrogens is 3. The smallest absolute Gasteiger partial charge is 0.270 e. The van der Waals surface area contributed by atoms with Crippen molar-refractivity contribution >= 4 is 22.5 Å². The number of H-pyrrole nitrogens is 1. The van der Waals surface area contributed by atoms with Crippen LogP contribution < -0.4 is 16.2 Å². The molecule has 0 spiro atoms. The summed E-state index contributed by atoms with van der Waals surface area (Å²) in [6.07, 6.45) is 4.16. The van der Waals surface area contributed by atoms with Crippen LogP contribution in [0, 0.1) is 0 Å². The van der Waals surface area contributed by atoms with Crippen molar-refractivity contribution in [3.63, 3.8) is 0 Å². The van der Waals surface area contributed by atoms with Gasteiger partial charge in [0.25, 0.3) is 11.5 Å². The van der Waals surface area contributed by atoms with Crippen molar-refractivity contribution in [2.45, 2.75) is 32.0 Å². The van der Waals surface area contributed by atoms with E-state index < -0.39 is 0 Å². The summed E-state index contributed by atoms with van der Waals surface area (Å²) in [5, 5.41) is 7.50. The molecule has 7 nitrogen and oxygen atoms in total. The average molecular weight is 387 g/mol. The minimum atomic E-state index is -0.366. The molecule has 146 valence electrons. The van der Waals surface area contributed by atoms with Crippen LogP contribution >= 0.6 is 0 Å². The van der Waals surface area contributed by atoms with Gasteiger partial charge in [0, 0.05) is 42.6 Å². The molecule has 0 saturated heterocycles. The van der Waals surface area contributed by atoms with E-state index in [0.29, 0.717) is 18.2 Å². The molecule has 0 unspecified atom stereocenters.